The quantitative estimate of drug-likeness (QED) is 0.519. The summed E-state index contributed by atoms with van der Waals surface area (Å²) in [7, 11) is 3.87. The van der Waals surface area contributed by atoms with Gasteiger partial charge in [0.1, 0.15) is 17.2 Å². The van der Waals surface area contributed by atoms with Crippen LogP contribution in [0, 0.1) is 11.6 Å². The zero-order valence-corrected chi connectivity index (χ0v) is 17.7. The Morgan fingerprint density at radius 2 is 1.93 bits per heavy atom. The highest BCUT2D eigenvalue weighted by Gasteiger charge is 2.24. The molecule has 0 saturated heterocycles. The van der Waals surface area contributed by atoms with E-state index in [4.69, 9.17) is 11.6 Å². The minimum atomic E-state index is -0.892. The van der Waals surface area contributed by atoms with Crippen LogP contribution in [0.2, 0.25) is 5.02 Å². The van der Waals surface area contributed by atoms with Gasteiger partial charge in [0.25, 0.3) is 5.91 Å². The van der Waals surface area contributed by atoms with Gasteiger partial charge < -0.3 is 4.90 Å². The first-order valence-electron chi connectivity index (χ1n) is 8.33. The van der Waals surface area contributed by atoms with Crippen LogP contribution in [0.25, 0.3) is 10.2 Å². The molecule has 150 valence electrons. The van der Waals surface area contributed by atoms with E-state index in [1.165, 1.54) is 16.2 Å². The molecule has 4 nitrogen and oxygen atoms in total. The van der Waals surface area contributed by atoms with Crippen LogP contribution in [-0.2, 0) is 0 Å². The molecule has 0 spiro atoms. The number of para-hydroxylation sites is 1. The molecule has 0 aliphatic rings. The molecule has 0 N–H and O–H groups in total. The molecule has 0 radical (unpaired) electrons. The average molecular weight is 446 g/mol. The number of carbonyl (C=O) groups is 1. The monoisotopic (exact) mass is 445 g/mol. The summed E-state index contributed by atoms with van der Waals surface area (Å²) in [6, 6.07) is 8.34. The second-order valence-electron chi connectivity index (χ2n) is 6.32. The molecular formula is C19H19Cl2F2N3OS. The number of nitrogens with zero attached hydrogens (tertiary/aromatic N) is 3. The van der Waals surface area contributed by atoms with E-state index >= 15 is 0 Å². The van der Waals surface area contributed by atoms with E-state index in [9.17, 15) is 13.6 Å². The number of thiazole rings is 1. The van der Waals surface area contributed by atoms with Gasteiger partial charge in [0.2, 0.25) is 0 Å². The number of fused-ring (bicyclic) bond motifs is 1. The topological polar surface area (TPSA) is 36.4 Å². The number of amides is 1. The summed E-state index contributed by atoms with van der Waals surface area (Å²) in [6.07, 6.45) is 0.672. The summed E-state index contributed by atoms with van der Waals surface area (Å²) < 4.78 is 28.2. The third-order valence-corrected chi connectivity index (χ3v) is 5.33. The molecule has 2 aromatic carbocycles. The standard InChI is InChI=1S/C19H18ClF2N3OS.ClH/c1-24(2)9-4-10-25(18(26)13-8-7-12(21)11-15(13)22)19-23-17-14(20)5-3-6-16(17)27-19;/h3,5-8,11H,4,9-10H2,1-2H3;1H. The normalized spacial score (nSPS) is 10.9. The number of aromatic nitrogens is 1. The molecule has 0 bridgehead atoms. The van der Waals surface area contributed by atoms with Crippen molar-refractivity contribution in [3.05, 3.63) is 58.6 Å². The third-order valence-electron chi connectivity index (χ3n) is 3.98. The summed E-state index contributed by atoms with van der Waals surface area (Å²) in [5.41, 5.74) is 0.413. The van der Waals surface area contributed by atoms with Crippen molar-refractivity contribution in [2.75, 3.05) is 32.1 Å². The second kappa shape index (κ2) is 9.60. The van der Waals surface area contributed by atoms with Crippen molar-refractivity contribution in [1.29, 1.82) is 0 Å². The van der Waals surface area contributed by atoms with Crippen LogP contribution in [0.15, 0.2) is 36.4 Å². The van der Waals surface area contributed by atoms with Crippen molar-refractivity contribution in [2.45, 2.75) is 6.42 Å². The van der Waals surface area contributed by atoms with Crippen LogP contribution in [0.3, 0.4) is 0 Å². The van der Waals surface area contributed by atoms with Gasteiger partial charge >= 0.3 is 0 Å². The van der Waals surface area contributed by atoms with E-state index in [1.54, 1.807) is 6.07 Å². The molecule has 1 aromatic heterocycles. The number of rotatable bonds is 6. The van der Waals surface area contributed by atoms with Crippen molar-refractivity contribution >= 4 is 56.6 Å². The molecule has 3 rings (SSSR count). The number of halogens is 4. The number of hydrogen-bond donors (Lipinski definition) is 0. The summed E-state index contributed by atoms with van der Waals surface area (Å²) >= 11 is 7.50. The lowest BCUT2D eigenvalue weighted by molar-refractivity contribution is 0.0982. The Kier molecular flexibility index (Phi) is 7.71. The zero-order chi connectivity index (χ0) is 19.6. The van der Waals surface area contributed by atoms with Crippen LogP contribution in [-0.4, -0.2) is 43.0 Å². The van der Waals surface area contributed by atoms with Crippen LogP contribution < -0.4 is 4.90 Å². The summed E-state index contributed by atoms with van der Waals surface area (Å²) in [5.74, 6) is -2.17. The Labute approximate surface area is 177 Å². The Hall–Kier alpha value is -1.80. The first-order valence-corrected chi connectivity index (χ1v) is 9.53. The molecule has 0 atom stereocenters. The average Bonchev–Trinajstić information content (AvgIpc) is 3.03. The fraction of sp³-hybridized carbons (Fsp3) is 0.263. The van der Waals surface area contributed by atoms with Gasteiger partial charge in [-0.2, -0.15) is 0 Å². The zero-order valence-electron chi connectivity index (χ0n) is 15.3. The summed E-state index contributed by atoms with van der Waals surface area (Å²) in [5, 5.41) is 0.925. The van der Waals surface area contributed by atoms with Crippen LogP contribution >= 0.6 is 35.3 Å². The first-order chi connectivity index (χ1) is 12.9. The maximum absolute atomic E-state index is 14.2. The molecule has 0 saturated carbocycles. The molecule has 1 heterocycles. The maximum Gasteiger partial charge on any atom is 0.263 e. The van der Waals surface area contributed by atoms with E-state index < -0.39 is 17.5 Å². The van der Waals surface area contributed by atoms with E-state index in [0.29, 0.717) is 34.7 Å². The fourth-order valence-corrected chi connectivity index (χ4v) is 3.95. The molecule has 28 heavy (non-hydrogen) atoms. The highest BCUT2D eigenvalue weighted by atomic mass is 35.5. The predicted molar refractivity (Wildman–Crippen MR) is 113 cm³/mol. The third kappa shape index (κ3) is 4.97. The smallest absolute Gasteiger partial charge is 0.263 e. The maximum atomic E-state index is 14.2. The van der Waals surface area contributed by atoms with E-state index in [1.807, 2.05) is 31.1 Å². The highest BCUT2D eigenvalue weighted by molar-refractivity contribution is 7.22. The Morgan fingerprint density at radius 3 is 2.57 bits per heavy atom. The van der Waals surface area contributed by atoms with Gasteiger partial charge in [-0.05, 0) is 51.3 Å². The molecule has 1 amide bonds. The Balaban J connectivity index is 0.00000280. The molecular weight excluding hydrogens is 427 g/mol. The van der Waals surface area contributed by atoms with Crippen LogP contribution in [0.5, 0.6) is 0 Å². The van der Waals surface area contributed by atoms with E-state index in [-0.39, 0.29) is 18.0 Å². The van der Waals surface area contributed by atoms with Gasteiger partial charge in [0, 0.05) is 12.6 Å². The summed E-state index contributed by atoms with van der Waals surface area (Å²) in [6.45, 7) is 1.10. The molecule has 9 heteroatoms. The van der Waals surface area contributed by atoms with Gasteiger partial charge in [-0.25, -0.2) is 13.8 Å². The van der Waals surface area contributed by atoms with Crippen molar-refractivity contribution in [3.8, 4) is 0 Å². The van der Waals surface area contributed by atoms with Crippen LogP contribution in [0.1, 0.15) is 16.8 Å². The molecule has 0 unspecified atom stereocenters. The lowest BCUT2D eigenvalue weighted by Gasteiger charge is -2.21. The second-order valence-corrected chi connectivity index (χ2v) is 7.74. The lowest BCUT2D eigenvalue weighted by Crippen LogP contribution is -2.34. The fourth-order valence-electron chi connectivity index (χ4n) is 2.66. The van der Waals surface area contributed by atoms with Gasteiger partial charge in [0.05, 0.1) is 15.3 Å². The minimum Gasteiger partial charge on any atom is -0.309 e. The van der Waals surface area contributed by atoms with Gasteiger partial charge in [-0.3, -0.25) is 9.69 Å². The van der Waals surface area contributed by atoms with Gasteiger partial charge in [-0.1, -0.05) is 29.0 Å². The van der Waals surface area contributed by atoms with Crippen molar-refractivity contribution in [3.63, 3.8) is 0 Å². The van der Waals surface area contributed by atoms with Gasteiger partial charge in [0.15, 0.2) is 5.13 Å². The highest BCUT2D eigenvalue weighted by Crippen LogP contribution is 2.33. The van der Waals surface area contributed by atoms with Crippen molar-refractivity contribution < 1.29 is 13.6 Å². The van der Waals surface area contributed by atoms with E-state index in [0.717, 1.165) is 23.4 Å². The number of benzene rings is 2. The van der Waals surface area contributed by atoms with Crippen molar-refractivity contribution in [1.82, 2.24) is 9.88 Å². The predicted octanol–water partition coefficient (Wildman–Crippen LogP) is 5.25. The number of carbonyl (C=O) groups excluding carboxylic acids is 1. The van der Waals surface area contributed by atoms with Gasteiger partial charge in [-0.15, -0.1) is 12.4 Å². The molecule has 0 fully saturated rings. The minimum absolute atomic E-state index is 0. The largest absolute Gasteiger partial charge is 0.309 e. The lowest BCUT2D eigenvalue weighted by atomic mass is 10.2. The Morgan fingerprint density at radius 1 is 1.18 bits per heavy atom. The number of anilines is 1. The first kappa shape index (κ1) is 22.5. The van der Waals surface area contributed by atoms with E-state index in [2.05, 4.69) is 4.98 Å². The van der Waals surface area contributed by atoms with Crippen LogP contribution in [0.4, 0.5) is 13.9 Å². The summed E-state index contributed by atoms with van der Waals surface area (Å²) in [4.78, 5) is 20.9. The SMILES string of the molecule is CN(C)CCCN(C(=O)c1ccc(F)cc1F)c1nc2c(Cl)cccc2s1.Cl. The molecule has 0 aliphatic carbocycles. The molecule has 0 aliphatic heterocycles. The Bertz CT molecular complexity index is 981. The van der Waals surface area contributed by atoms with Crippen molar-refractivity contribution in [2.24, 2.45) is 0 Å². The molecule has 3 aromatic rings. The number of hydrogen-bond acceptors (Lipinski definition) is 4.